The number of nitrogens with zero attached hydrogens (tertiary/aromatic N) is 2. The van der Waals surface area contributed by atoms with Gasteiger partial charge in [0.15, 0.2) is 6.61 Å². The number of hydrogen-bond donors (Lipinski definition) is 1. The number of ether oxygens (including phenoxy) is 2. The van der Waals surface area contributed by atoms with Gasteiger partial charge in [-0.1, -0.05) is 35.9 Å². The van der Waals surface area contributed by atoms with Crippen LogP contribution in [0.4, 0.5) is 5.69 Å². The molecule has 160 valence electrons. The maximum absolute atomic E-state index is 12.2. The number of esters is 1. The second kappa shape index (κ2) is 11.4. The lowest BCUT2D eigenvalue weighted by Crippen LogP contribution is -2.37. The van der Waals surface area contributed by atoms with Crippen molar-refractivity contribution in [2.75, 3.05) is 32.6 Å². The van der Waals surface area contributed by atoms with Gasteiger partial charge in [0, 0.05) is 7.05 Å². The Kier molecular flexibility index (Phi) is 8.61. The largest absolute Gasteiger partial charge is 0.497 e. The fourth-order valence-electron chi connectivity index (χ4n) is 2.37. The van der Waals surface area contributed by atoms with E-state index in [-0.39, 0.29) is 12.1 Å². The third-order valence-corrected chi connectivity index (χ3v) is 4.38. The van der Waals surface area contributed by atoms with E-state index in [1.54, 1.807) is 54.6 Å². The minimum absolute atomic E-state index is 0.267. The average molecular weight is 442 g/mol. The first-order valence-electron chi connectivity index (χ1n) is 9.05. The highest BCUT2D eigenvalue weighted by atomic mass is 35.5. The number of carbonyl (C=O) groups is 3. The molecule has 0 aliphatic rings. The van der Waals surface area contributed by atoms with E-state index in [4.69, 9.17) is 21.1 Å². The van der Waals surface area contributed by atoms with Crippen molar-refractivity contribution < 1.29 is 23.9 Å². The first kappa shape index (κ1) is 23.4. The lowest BCUT2D eigenvalue weighted by atomic mass is 10.1. The lowest BCUT2D eigenvalue weighted by molar-refractivity contribution is -0.148. The van der Waals surface area contributed by atoms with Gasteiger partial charge in [0.25, 0.3) is 5.91 Å². The van der Waals surface area contributed by atoms with Crippen molar-refractivity contribution in [1.29, 1.82) is 5.26 Å². The van der Waals surface area contributed by atoms with E-state index < -0.39 is 24.4 Å². The summed E-state index contributed by atoms with van der Waals surface area (Å²) in [6, 6.07) is 15.1. The van der Waals surface area contributed by atoms with Gasteiger partial charge in [0.05, 0.1) is 24.4 Å². The van der Waals surface area contributed by atoms with Crippen LogP contribution < -0.4 is 10.1 Å². The van der Waals surface area contributed by atoms with Crippen molar-refractivity contribution >= 4 is 41.1 Å². The molecule has 0 fully saturated rings. The van der Waals surface area contributed by atoms with Crippen LogP contribution in [0.1, 0.15) is 5.56 Å². The van der Waals surface area contributed by atoms with Crippen molar-refractivity contribution in [2.45, 2.75) is 0 Å². The Morgan fingerprint density at radius 2 is 1.84 bits per heavy atom. The number of benzene rings is 2. The van der Waals surface area contributed by atoms with Gasteiger partial charge >= 0.3 is 5.97 Å². The van der Waals surface area contributed by atoms with Gasteiger partial charge in [0.1, 0.15) is 17.4 Å². The number of likely N-dealkylation sites (N-methyl/N-ethyl adjacent to an activating group) is 1. The number of anilines is 1. The number of halogens is 1. The van der Waals surface area contributed by atoms with E-state index in [1.807, 2.05) is 0 Å². The van der Waals surface area contributed by atoms with Gasteiger partial charge in [-0.25, -0.2) is 4.79 Å². The van der Waals surface area contributed by atoms with E-state index in [2.05, 4.69) is 5.32 Å². The topological polar surface area (TPSA) is 109 Å². The highest BCUT2D eigenvalue weighted by molar-refractivity contribution is 6.33. The molecule has 31 heavy (non-hydrogen) atoms. The number of hydrogen-bond acceptors (Lipinski definition) is 6. The Bertz CT molecular complexity index is 1030. The van der Waals surface area contributed by atoms with Crippen LogP contribution in [0.2, 0.25) is 5.02 Å². The van der Waals surface area contributed by atoms with Crippen molar-refractivity contribution in [2.24, 2.45) is 0 Å². The molecule has 0 saturated heterocycles. The van der Waals surface area contributed by atoms with Crippen molar-refractivity contribution in [1.82, 2.24) is 4.90 Å². The molecule has 0 unspecified atom stereocenters. The quantitative estimate of drug-likeness (QED) is 0.383. The highest BCUT2D eigenvalue weighted by Gasteiger charge is 2.18. The van der Waals surface area contributed by atoms with Crippen LogP contribution in [0, 0.1) is 11.3 Å². The fourth-order valence-corrected chi connectivity index (χ4v) is 2.56. The second-order valence-corrected chi connectivity index (χ2v) is 6.70. The third-order valence-electron chi connectivity index (χ3n) is 4.05. The first-order chi connectivity index (χ1) is 14.8. The van der Waals surface area contributed by atoms with Gasteiger partial charge in [-0.2, -0.15) is 5.26 Å². The summed E-state index contributed by atoms with van der Waals surface area (Å²) in [5.74, 6) is -1.39. The Morgan fingerprint density at radius 1 is 1.16 bits per heavy atom. The Labute approximate surface area is 184 Å². The molecule has 0 radical (unpaired) electrons. The van der Waals surface area contributed by atoms with Crippen LogP contribution in [0.25, 0.3) is 6.08 Å². The monoisotopic (exact) mass is 441 g/mol. The third kappa shape index (κ3) is 7.17. The molecule has 1 N–H and O–H groups in total. The highest BCUT2D eigenvalue weighted by Crippen LogP contribution is 2.20. The molecule has 0 saturated carbocycles. The SMILES string of the molecule is COc1ccc(/C=C(\C#N)C(=O)OCC(=O)N(C)CC(=O)Nc2ccccc2Cl)cc1. The van der Waals surface area contributed by atoms with Gasteiger partial charge in [0.2, 0.25) is 5.91 Å². The van der Waals surface area contributed by atoms with Crippen LogP contribution in [0.3, 0.4) is 0 Å². The summed E-state index contributed by atoms with van der Waals surface area (Å²) in [4.78, 5) is 37.5. The van der Waals surface area contributed by atoms with Crippen LogP contribution in [-0.2, 0) is 19.1 Å². The molecular formula is C22H20ClN3O5. The average Bonchev–Trinajstić information content (AvgIpc) is 2.77. The number of para-hydroxylation sites is 1. The normalized spacial score (nSPS) is 10.6. The molecule has 2 aromatic rings. The van der Waals surface area contributed by atoms with Crippen LogP contribution >= 0.6 is 11.6 Å². The molecule has 8 nitrogen and oxygen atoms in total. The minimum atomic E-state index is -0.944. The van der Waals surface area contributed by atoms with Crippen LogP contribution in [0.5, 0.6) is 5.75 Å². The standard InChI is InChI=1S/C22H20ClN3O5/c1-26(13-20(27)25-19-6-4-3-5-18(19)23)21(28)14-31-22(29)16(12-24)11-15-7-9-17(30-2)10-8-15/h3-11H,13-14H2,1-2H3,(H,25,27)/b16-11+. The molecule has 0 bridgehead atoms. The van der Waals surface area contributed by atoms with Gasteiger partial charge in [-0.15, -0.1) is 0 Å². The van der Waals surface area contributed by atoms with Crippen LogP contribution in [0.15, 0.2) is 54.1 Å². The molecule has 0 heterocycles. The lowest BCUT2D eigenvalue weighted by Gasteiger charge is -2.17. The van der Waals surface area contributed by atoms with Crippen molar-refractivity contribution in [3.63, 3.8) is 0 Å². The van der Waals surface area contributed by atoms with Gasteiger partial charge in [-0.05, 0) is 35.9 Å². The zero-order valence-corrected chi connectivity index (χ0v) is 17.7. The molecule has 0 aliphatic heterocycles. The van der Waals surface area contributed by atoms with E-state index in [0.29, 0.717) is 22.0 Å². The van der Waals surface area contributed by atoms with Crippen molar-refractivity contribution in [3.8, 4) is 11.8 Å². The molecule has 2 rings (SSSR count). The number of nitrogens with one attached hydrogen (secondary N) is 1. The summed E-state index contributed by atoms with van der Waals surface area (Å²) in [6.07, 6.45) is 1.34. The molecule has 0 aromatic heterocycles. The number of rotatable bonds is 8. The predicted molar refractivity (Wildman–Crippen MR) is 115 cm³/mol. The van der Waals surface area contributed by atoms with E-state index in [0.717, 1.165) is 4.90 Å². The Balaban J connectivity index is 1.88. The molecule has 2 amide bonds. The van der Waals surface area contributed by atoms with Crippen molar-refractivity contribution in [3.05, 3.63) is 64.7 Å². The summed E-state index contributed by atoms with van der Waals surface area (Å²) in [6.45, 7) is -0.884. The number of nitriles is 1. The van der Waals surface area contributed by atoms with Gasteiger partial charge < -0.3 is 19.7 Å². The first-order valence-corrected chi connectivity index (χ1v) is 9.43. The smallest absolute Gasteiger partial charge is 0.349 e. The Hall–Kier alpha value is -3.83. The number of amides is 2. The zero-order chi connectivity index (χ0) is 22.8. The second-order valence-electron chi connectivity index (χ2n) is 6.30. The molecule has 0 spiro atoms. The summed E-state index contributed by atoms with van der Waals surface area (Å²) in [5, 5.41) is 12.2. The molecule has 0 atom stereocenters. The number of methoxy groups -OCH3 is 1. The zero-order valence-electron chi connectivity index (χ0n) is 16.9. The molecule has 0 aliphatic carbocycles. The van der Waals surface area contributed by atoms with E-state index in [9.17, 15) is 19.6 Å². The summed E-state index contributed by atoms with van der Waals surface area (Å²) >= 11 is 5.98. The van der Waals surface area contributed by atoms with Gasteiger partial charge in [-0.3, -0.25) is 9.59 Å². The van der Waals surface area contributed by atoms with Crippen LogP contribution in [-0.4, -0.2) is 50.0 Å². The maximum atomic E-state index is 12.2. The van der Waals surface area contributed by atoms with E-state index in [1.165, 1.54) is 20.2 Å². The minimum Gasteiger partial charge on any atom is -0.497 e. The number of carbonyl (C=O) groups excluding carboxylic acids is 3. The molecular weight excluding hydrogens is 422 g/mol. The summed E-state index contributed by atoms with van der Waals surface area (Å²) in [5.41, 5.74) is 0.745. The Morgan fingerprint density at radius 3 is 2.45 bits per heavy atom. The molecule has 9 heteroatoms. The maximum Gasteiger partial charge on any atom is 0.349 e. The molecule has 2 aromatic carbocycles. The summed E-state index contributed by atoms with van der Waals surface area (Å²) < 4.78 is 9.96. The predicted octanol–water partition coefficient (Wildman–Crippen LogP) is 2.90. The fraction of sp³-hybridized carbons (Fsp3) is 0.182. The summed E-state index contributed by atoms with van der Waals surface area (Å²) in [7, 11) is 2.91. The van der Waals surface area contributed by atoms with E-state index >= 15 is 0 Å².